The Kier molecular flexibility index (Phi) is 5.79. The van der Waals surface area contributed by atoms with Crippen LogP contribution in [0, 0.1) is 12.8 Å². The van der Waals surface area contributed by atoms with Crippen molar-refractivity contribution in [2.75, 3.05) is 18.4 Å². The van der Waals surface area contributed by atoms with Crippen molar-refractivity contribution in [3.63, 3.8) is 0 Å². The lowest BCUT2D eigenvalue weighted by Gasteiger charge is -2.31. The highest BCUT2D eigenvalue weighted by Crippen LogP contribution is 2.31. The SMILES string of the molecule is Cc1c(C(=O)Nc2ccc(CN3CCCC(C(N)=O)C3)cc2)oc2c(Cl)cccc12. The lowest BCUT2D eigenvalue weighted by atomic mass is 9.97. The van der Waals surface area contributed by atoms with Gasteiger partial charge in [0.2, 0.25) is 5.91 Å². The Hall–Kier alpha value is -2.83. The van der Waals surface area contributed by atoms with Crippen molar-refractivity contribution in [2.24, 2.45) is 11.7 Å². The minimum Gasteiger partial charge on any atom is -0.449 e. The Morgan fingerprint density at radius 2 is 2.00 bits per heavy atom. The average Bonchev–Trinajstić information content (AvgIpc) is 3.08. The third-order valence-corrected chi connectivity index (χ3v) is 5.95. The molecule has 0 saturated carbocycles. The Labute approximate surface area is 180 Å². The van der Waals surface area contributed by atoms with Crippen molar-refractivity contribution in [3.8, 4) is 0 Å². The summed E-state index contributed by atoms with van der Waals surface area (Å²) in [4.78, 5) is 26.4. The topological polar surface area (TPSA) is 88.6 Å². The zero-order chi connectivity index (χ0) is 21.3. The van der Waals surface area contributed by atoms with Crippen molar-refractivity contribution in [2.45, 2.75) is 26.3 Å². The van der Waals surface area contributed by atoms with Crippen LogP contribution in [0.2, 0.25) is 5.02 Å². The maximum atomic E-state index is 12.7. The smallest absolute Gasteiger partial charge is 0.291 e. The number of carbonyl (C=O) groups excluding carboxylic acids is 2. The first-order valence-electron chi connectivity index (χ1n) is 10.0. The molecular weight excluding hydrogens is 402 g/mol. The van der Waals surface area contributed by atoms with Gasteiger partial charge < -0.3 is 15.5 Å². The first-order valence-corrected chi connectivity index (χ1v) is 10.4. The Bertz CT molecular complexity index is 1090. The van der Waals surface area contributed by atoms with E-state index in [-0.39, 0.29) is 23.5 Å². The van der Waals surface area contributed by atoms with Gasteiger partial charge in [0.05, 0.1) is 10.9 Å². The van der Waals surface area contributed by atoms with Gasteiger partial charge in [-0.25, -0.2) is 0 Å². The predicted molar refractivity (Wildman–Crippen MR) is 118 cm³/mol. The van der Waals surface area contributed by atoms with Gasteiger partial charge in [0.1, 0.15) is 0 Å². The fourth-order valence-corrected chi connectivity index (χ4v) is 4.21. The summed E-state index contributed by atoms with van der Waals surface area (Å²) in [6, 6.07) is 13.1. The Morgan fingerprint density at radius 1 is 1.23 bits per heavy atom. The molecule has 3 N–H and O–H groups in total. The van der Waals surface area contributed by atoms with E-state index >= 15 is 0 Å². The standard InChI is InChI=1S/C23H24ClN3O3/c1-14-18-5-2-6-19(24)21(18)30-20(14)23(29)26-17-9-7-15(8-10-17)12-27-11-3-4-16(13-27)22(25)28/h2,5-10,16H,3-4,11-13H2,1H3,(H2,25,28)(H,26,29). The molecule has 2 heterocycles. The number of carbonyl (C=O) groups is 2. The number of aryl methyl sites for hydroxylation is 1. The number of piperidine rings is 1. The van der Waals surface area contributed by atoms with Gasteiger partial charge in [0.15, 0.2) is 11.3 Å². The van der Waals surface area contributed by atoms with Crippen LogP contribution in [0.1, 0.15) is 34.5 Å². The van der Waals surface area contributed by atoms with Crippen molar-refractivity contribution >= 4 is 40.1 Å². The van der Waals surface area contributed by atoms with Crippen LogP contribution in [0.3, 0.4) is 0 Å². The highest BCUT2D eigenvalue weighted by atomic mass is 35.5. The molecule has 1 unspecified atom stereocenters. The minimum atomic E-state index is -0.312. The van der Waals surface area contributed by atoms with Crippen molar-refractivity contribution in [1.29, 1.82) is 0 Å². The number of hydrogen-bond donors (Lipinski definition) is 2. The molecule has 3 aromatic rings. The number of nitrogens with two attached hydrogens (primary N) is 1. The van der Waals surface area contributed by atoms with Crippen LogP contribution >= 0.6 is 11.6 Å². The monoisotopic (exact) mass is 425 g/mol. The molecule has 1 saturated heterocycles. The molecule has 1 atom stereocenters. The summed E-state index contributed by atoms with van der Waals surface area (Å²) in [6.07, 6.45) is 1.84. The summed E-state index contributed by atoms with van der Waals surface area (Å²) >= 11 is 6.18. The number of rotatable bonds is 5. The fourth-order valence-electron chi connectivity index (χ4n) is 4.00. The number of likely N-dealkylation sites (tertiary alicyclic amines) is 1. The van der Waals surface area contributed by atoms with Crippen molar-refractivity contribution in [3.05, 3.63) is 64.4 Å². The number of furan rings is 1. The minimum absolute atomic E-state index is 0.0714. The highest BCUT2D eigenvalue weighted by molar-refractivity contribution is 6.35. The molecule has 0 aliphatic carbocycles. The van der Waals surface area contributed by atoms with Crippen LogP contribution in [0.15, 0.2) is 46.9 Å². The Balaban J connectivity index is 1.42. The molecule has 1 aromatic heterocycles. The largest absolute Gasteiger partial charge is 0.449 e. The summed E-state index contributed by atoms with van der Waals surface area (Å²) in [7, 11) is 0. The van der Waals surface area contributed by atoms with Crippen molar-refractivity contribution in [1.82, 2.24) is 4.90 Å². The number of benzene rings is 2. The Morgan fingerprint density at radius 3 is 2.70 bits per heavy atom. The third-order valence-electron chi connectivity index (χ3n) is 5.65. The van der Waals surface area contributed by atoms with Gasteiger partial charge in [-0.3, -0.25) is 14.5 Å². The van der Waals surface area contributed by atoms with Gasteiger partial charge in [-0.1, -0.05) is 35.9 Å². The number of fused-ring (bicyclic) bond motifs is 1. The molecule has 0 spiro atoms. The maximum absolute atomic E-state index is 12.7. The number of hydrogen-bond acceptors (Lipinski definition) is 4. The zero-order valence-electron chi connectivity index (χ0n) is 16.8. The van der Waals surface area contributed by atoms with Crippen LogP contribution in [-0.2, 0) is 11.3 Å². The molecule has 1 fully saturated rings. The van der Waals surface area contributed by atoms with E-state index < -0.39 is 0 Å². The first kappa shape index (κ1) is 20.4. The van der Waals surface area contributed by atoms with Gasteiger partial charge >= 0.3 is 0 Å². The average molecular weight is 426 g/mol. The van der Waals surface area contributed by atoms with Crippen LogP contribution in [0.5, 0.6) is 0 Å². The molecule has 2 aromatic carbocycles. The number of primary amides is 1. The first-order chi connectivity index (χ1) is 14.4. The molecule has 2 amide bonds. The van der Waals surface area contributed by atoms with Gasteiger partial charge in [-0.2, -0.15) is 0 Å². The second kappa shape index (κ2) is 8.50. The summed E-state index contributed by atoms with van der Waals surface area (Å²) in [5.74, 6) is -0.348. The number of halogens is 1. The van der Waals surface area contributed by atoms with Gasteiger partial charge in [0.25, 0.3) is 5.91 Å². The van der Waals surface area contributed by atoms with Crippen LogP contribution < -0.4 is 11.1 Å². The lowest BCUT2D eigenvalue weighted by molar-refractivity contribution is -0.123. The fraction of sp³-hybridized carbons (Fsp3) is 0.304. The number of anilines is 1. The molecule has 7 heteroatoms. The molecule has 1 aliphatic rings. The molecule has 4 rings (SSSR count). The van der Waals surface area contributed by atoms with Gasteiger partial charge in [0, 0.05) is 29.7 Å². The van der Waals surface area contributed by atoms with Gasteiger partial charge in [-0.15, -0.1) is 0 Å². The zero-order valence-corrected chi connectivity index (χ0v) is 17.5. The molecule has 0 bridgehead atoms. The molecule has 0 radical (unpaired) electrons. The lowest BCUT2D eigenvalue weighted by Crippen LogP contribution is -2.40. The summed E-state index contributed by atoms with van der Waals surface area (Å²) in [5, 5.41) is 4.20. The number of para-hydroxylation sites is 1. The maximum Gasteiger partial charge on any atom is 0.291 e. The van der Waals surface area contributed by atoms with Gasteiger partial charge in [-0.05, 0) is 50.1 Å². The molecular formula is C23H24ClN3O3. The van der Waals surface area contributed by atoms with E-state index in [9.17, 15) is 9.59 Å². The highest BCUT2D eigenvalue weighted by Gasteiger charge is 2.24. The molecule has 1 aliphatic heterocycles. The van der Waals surface area contributed by atoms with Crippen LogP contribution in [0.4, 0.5) is 5.69 Å². The number of amides is 2. The predicted octanol–water partition coefficient (Wildman–Crippen LogP) is 4.34. The van der Waals surface area contributed by atoms with E-state index in [0.29, 0.717) is 22.8 Å². The van der Waals surface area contributed by atoms with Crippen LogP contribution in [-0.4, -0.2) is 29.8 Å². The quantitative estimate of drug-likeness (QED) is 0.636. The molecule has 30 heavy (non-hydrogen) atoms. The number of nitrogens with one attached hydrogen (secondary N) is 1. The van der Waals surface area contributed by atoms with E-state index in [1.165, 1.54) is 0 Å². The van der Waals surface area contributed by atoms with E-state index in [4.69, 9.17) is 21.8 Å². The van der Waals surface area contributed by atoms with E-state index in [1.807, 2.05) is 43.3 Å². The number of nitrogens with zero attached hydrogens (tertiary/aromatic N) is 1. The van der Waals surface area contributed by atoms with E-state index in [0.717, 1.165) is 42.4 Å². The molecule has 6 nitrogen and oxygen atoms in total. The van der Waals surface area contributed by atoms with E-state index in [2.05, 4.69) is 10.2 Å². The summed E-state index contributed by atoms with van der Waals surface area (Å²) in [6.45, 7) is 4.25. The molecule has 156 valence electrons. The second-order valence-electron chi connectivity index (χ2n) is 7.80. The summed E-state index contributed by atoms with van der Waals surface area (Å²) < 4.78 is 5.73. The van der Waals surface area contributed by atoms with E-state index in [1.54, 1.807) is 6.07 Å². The normalized spacial score (nSPS) is 17.2. The third kappa shape index (κ3) is 4.20. The van der Waals surface area contributed by atoms with Crippen molar-refractivity contribution < 1.29 is 14.0 Å². The summed E-state index contributed by atoms with van der Waals surface area (Å²) in [5.41, 5.74) is 8.54. The second-order valence-corrected chi connectivity index (χ2v) is 8.21. The van der Waals surface area contributed by atoms with Crippen LogP contribution in [0.25, 0.3) is 11.0 Å².